The van der Waals surface area contributed by atoms with E-state index in [-0.39, 0.29) is 17.4 Å². The molecular formula is C19H24N2O5S. The zero-order valence-corrected chi connectivity index (χ0v) is 16.6. The molecule has 1 aliphatic rings. The Morgan fingerprint density at radius 1 is 1.33 bits per heavy atom. The molecule has 0 unspecified atom stereocenters. The summed E-state index contributed by atoms with van der Waals surface area (Å²) in [6.07, 6.45) is 1.27. The van der Waals surface area contributed by atoms with Crippen LogP contribution in [-0.4, -0.2) is 43.5 Å². The van der Waals surface area contributed by atoms with E-state index in [9.17, 15) is 13.2 Å². The number of benzene rings is 1. The molecule has 146 valence electrons. The molecular weight excluding hydrogens is 368 g/mol. The summed E-state index contributed by atoms with van der Waals surface area (Å²) < 4.78 is 38.2. The Morgan fingerprint density at radius 3 is 2.78 bits per heavy atom. The van der Waals surface area contributed by atoms with Crippen molar-refractivity contribution in [3.8, 4) is 11.3 Å². The molecule has 2 heterocycles. The zero-order valence-electron chi connectivity index (χ0n) is 15.8. The Balaban J connectivity index is 1.91. The largest absolute Gasteiger partial charge is 0.466 e. The first-order valence-corrected chi connectivity index (χ1v) is 10.5. The van der Waals surface area contributed by atoms with E-state index in [0.717, 1.165) is 5.69 Å². The molecule has 0 radical (unpaired) electrons. The average Bonchev–Trinajstić information content (AvgIpc) is 3.08. The number of rotatable bonds is 5. The molecule has 8 heteroatoms. The standard InChI is InChI=1S/C19H24N2O5S/c1-4-25-19(22)16-6-5-9-21(12-16)27(23,24)18-11-15(8-7-13(18)2)17-10-14(3)20-26-17/h7-8,10-11,16H,4-6,9,12H2,1-3H3/t16-/m1/s1. The summed E-state index contributed by atoms with van der Waals surface area (Å²) in [6.45, 7) is 6.14. The highest BCUT2D eigenvalue weighted by molar-refractivity contribution is 7.89. The van der Waals surface area contributed by atoms with Gasteiger partial charge in [-0.25, -0.2) is 8.42 Å². The van der Waals surface area contributed by atoms with Crippen LogP contribution in [0.2, 0.25) is 0 Å². The molecule has 0 saturated carbocycles. The van der Waals surface area contributed by atoms with Crippen molar-refractivity contribution in [2.24, 2.45) is 5.92 Å². The third-order valence-electron chi connectivity index (χ3n) is 4.72. The smallest absolute Gasteiger partial charge is 0.310 e. The minimum Gasteiger partial charge on any atom is -0.466 e. The number of piperidine rings is 1. The van der Waals surface area contributed by atoms with Crippen molar-refractivity contribution in [2.45, 2.75) is 38.5 Å². The summed E-state index contributed by atoms with van der Waals surface area (Å²) in [7, 11) is -3.73. The molecule has 2 aromatic rings. The first-order valence-electron chi connectivity index (χ1n) is 9.04. The third-order valence-corrected chi connectivity index (χ3v) is 6.73. The quantitative estimate of drug-likeness (QED) is 0.727. The second kappa shape index (κ2) is 7.82. The van der Waals surface area contributed by atoms with Gasteiger partial charge in [0, 0.05) is 24.7 Å². The molecule has 1 aromatic carbocycles. The fraction of sp³-hybridized carbons (Fsp3) is 0.474. The van der Waals surface area contributed by atoms with Crippen molar-refractivity contribution < 1.29 is 22.5 Å². The summed E-state index contributed by atoms with van der Waals surface area (Å²) in [5.41, 5.74) is 2.02. The van der Waals surface area contributed by atoms with Crippen LogP contribution in [0.1, 0.15) is 31.0 Å². The van der Waals surface area contributed by atoms with Gasteiger partial charge >= 0.3 is 5.97 Å². The van der Waals surface area contributed by atoms with E-state index in [1.54, 1.807) is 32.0 Å². The molecule has 3 rings (SSSR count). The number of aryl methyl sites for hydroxylation is 2. The van der Waals surface area contributed by atoms with Crippen LogP contribution < -0.4 is 0 Å². The molecule has 1 aliphatic heterocycles. The normalized spacial score (nSPS) is 18.4. The van der Waals surface area contributed by atoms with E-state index in [0.29, 0.717) is 42.9 Å². The minimum atomic E-state index is -3.73. The van der Waals surface area contributed by atoms with Crippen LogP contribution in [0, 0.1) is 19.8 Å². The van der Waals surface area contributed by atoms with Gasteiger partial charge in [0.15, 0.2) is 5.76 Å². The maximum absolute atomic E-state index is 13.3. The van der Waals surface area contributed by atoms with Gasteiger partial charge in [-0.15, -0.1) is 0 Å². The van der Waals surface area contributed by atoms with Crippen molar-refractivity contribution in [3.05, 3.63) is 35.5 Å². The SMILES string of the molecule is CCOC(=O)[C@@H]1CCCN(S(=O)(=O)c2cc(-c3cc(C)no3)ccc2C)C1. The Hall–Kier alpha value is -2.19. The number of hydrogen-bond donors (Lipinski definition) is 0. The lowest BCUT2D eigenvalue weighted by Gasteiger charge is -2.31. The van der Waals surface area contributed by atoms with Crippen LogP contribution in [0.4, 0.5) is 0 Å². The molecule has 0 spiro atoms. The van der Waals surface area contributed by atoms with Crippen molar-refractivity contribution in [1.82, 2.24) is 9.46 Å². The molecule has 7 nitrogen and oxygen atoms in total. The van der Waals surface area contributed by atoms with Gasteiger partial charge in [0.25, 0.3) is 0 Å². The monoisotopic (exact) mass is 392 g/mol. The van der Waals surface area contributed by atoms with Crippen LogP contribution >= 0.6 is 0 Å². The Labute approximate surface area is 159 Å². The van der Waals surface area contributed by atoms with Gasteiger partial charge in [0.1, 0.15) is 0 Å². The Kier molecular flexibility index (Phi) is 5.67. The number of esters is 1. The van der Waals surface area contributed by atoms with Gasteiger partial charge < -0.3 is 9.26 Å². The summed E-state index contributed by atoms with van der Waals surface area (Å²) in [5.74, 6) is -0.235. The first-order chi connectivity index (χ1) is 12.8. The minimum absolute atomic E-state index is 0.145. The fourth-order valence-electron chi connectivity index (χ4n) is 3.28. The van der Waals surface area contributed by atoms with Crippen LogP contribution in [0.15, 0.2) is 33.7 Å². The van der Waals surface area contributed by atoms with Crippen LogP contribution in [-0.2, 0) is 19.6 Å². The van der Waals surface area contributed by atoms with Gasteiger partial charge in [0.05, 0.1) is 23.1 Å². The lowest BCUT2D eigenvalue weighted by Crippen LogP contribution is -2.42. The van der Waals surface area contributed by atoms with Gasteiger partial charge in [-0.1, -0.05) is 17.3 Å². The molecule has 1 aromatic heterocycles. The number of carbonyl (C=O) groups is 1. The maximum Gasteiger partial charge on any atom is 0.310 e. The number of nitrogens with zero attached hydrogens (tertiary/aromatic N) is 2. The van der Waals surface area contributed by atoms with Crippen molar-refractivity contribution in [2.75, 3.05) is 19.7 Å². The predicted molar refractivity (Wildman–Crippen MR) is 99.5 cm³/mol. The second-order valence-corrected chi connectivity index (χ2v) is 8.67. The van der Waals surface area contributed by atoms with Gasteiger partial charge in [0.2, 0.25) is 10.0 Å². The molecule has 0 aliphatic carbocycles. The van der Waals surface area contributed by atoms with E-state index in [4.69, 9.17) is 9.26 Å². The van der Waals surface area contributed by atoms with E-state index < -0.39 is 15.9 Å². The van der Waals surface area contributed by atoms with E-state index in [2.05, 4.69) is 5.16 Å². The number of sulfonamides is 1. The summed E-state index contributed by atoms with van der Waals surface area (Å²) in [6, 6.07) is 6.94. The summed E-state index contributed by atoms with van der Waals surface area (Å²) in [5, 5.41) is 3.86. The highest BCUT2D eigenvalue weighted by Gasteiger charge is 2.34. The second-order valence-electron chi connectivity index (χ2n) is 6.77. The van der Waals surface area contributed by atoms with Gasteiger partial charge in [-0.2, -0.15) is 4.31 Å². The topological polar surface area (TPSA) is 89.7 Å². The van der Waals surface area contributed by atoms with E-state index in [1.807, 2.05) is 13.0 Å². The highest BCUT2D eigenvalue weighted by atomic mass is 32.2. The fourth-order valence-corrected chi connectivity index (χ4v) is 5.06. The molecule has 0 amide bonds. The Bertz CT molecular complexity index is 935. The number of hydrogen-bond acceptors (Lipinski definition) is 6. The zero-order chi connectivity index (χ0) is 19.6. The van der Waals surface area contributed by atoms with Gasteiger partial charge in [-0.05, 0) is 45.2 Å². The number of carbonyl (C=O) groups excluding carboxylic acids is 1. The van der Waals surface area contributed by atoms with Crippen molar-refractivity contribution >= 4 is 16.0 Å². The van der Waals surface area contributed by atoms with Crippen molar-refractivity contribution in [3.63, 3.8) is 0 Å². The van der Waals surface area contributed by atoms with Crippen LogP contribution in [0.5, 0.6) is 0 Å². The highest BCUT2D eigenvalue weighted by Crippen LogP contribution is 2.30. The average molecular weight is 392 g/mol. The van der Waals surface area contributed by atoms with E-state index in [1.165, 1.54) is 4.31 Å². The number of ether oxygens (including phenoxy) is 1. The molecule has 0 bridgehead atoms. The molecule has 27 heavy (non-hydrogen) atoms. The third kappa shape index (κ3) is 4.06. The molecule has 0 N–H and O–H groups in total. The maximum atomic E-state index is 13.3. The molecule has 1 saturated heterocycles. The first kappa shape index (κ1) is 19.6. The van der Waals surface area contributed by atoms with Crippen molar-refractivity contribution in [1.29, 1.82) is 0 Å². The van der Waals surface area contributed by atoms with Crippen LogP contribution in [0.3, 0.4) is 0 Å². The summed E-state index contributed by atoms with van der Waals surface area (Å²) >= 11 is 0. The lowest BCUT2D eigenvalue weighted by atomic mass is 10.0. The predicted octanol–water partition coefficient (Wildman–Crippen LogP) is 2.92. The van der Waals surface area contributed by atoms with E-state index >= 15 is 0 Å². The molecule has 1 fully saturated rings. The lowest BCUT2D eigenvalue weighted by molar-refractivity contribution is -0.149. The summed E-state index contributed by atoms with van der Waals surface area (Å²) in [4.78, 5) is 12.3. The molecule has 1 atom stereocenters. The van der Waals surface area contributed by atoms with Crippen LogP contribution in [0.25, 0.3) is 11.3 Å². The number of aromatic nitrogens is 1. The van der Waals surface area contributed by atoms with Gasteiger partial charge in [-0.3, -0.25) is 4.79 Å². The Morgan fingerprint density at radius 2 is 2.11 bits per heavy atom.